The normalized spacial score (nSPS) is 11.6. The van der Waals surface area contributed by atoms with Crippen molar-refractivity contribution in [2.24, 2.45) is 0 Å². The predicted octanol–water partition coefficient (Wildman–Crippen LogP) is 6.20. The van der Waals surface area contributed by atoms with Crippen LogP contribution in [0.25, 0.3) is 0 Å². The van der Waals surface area contributed by atoms with Crippen LogP contribution in [0.4, 0.5) is 13.6 Å². The number of halogens is 2. The zero-order valence-electron chi connectivity index (χ0n) is 22.3. The summed E-state index contributed by atoms with van der Waals surface area (Å²) < 4.78 is 43.6. The molecule has 0 saturated heterocycles. The van der Waals surface area contributed by atoms with Gasteiger partial charge in [0.1, 0.15) is 30.6 Å². The van der Waals surface area contributed by atoms with E-state index in [0.29, 0.717) is 25.3 Å². The number of carboxylic acids is 1. The SMILES string of the molecule is CCOC(Cc1ccc(OCCN(CCCSc2ccccc2)C(=O)OCc2ccc(F)cc2F)cc1)C(=O)O. The zero-order chi connectivity index (χ0) is 28.7. The van der Waals surface area contributed by atoms with Gasteiger partial charge in [-0.25, -0.2) is 18.4 Å². The molecule has 10 heteroatoms. The Labute approximate surface area is 237 Å². The fourth-order valence-electron chi connectivity index (χ4n) is 3.75. The molecule has 3 rings (SSSR count). The number of rotatable bonds is 16. The van der Waals surface area contributed by atoms with Crippen LogP contribution in [0.2, 0.25) is 0 Å². The molecule has 0 radical (unpaired) electrons. The number of carbonyl (C=O) groups excluding carboxylic acids is 1. The summed E-state index contributed by atoms with van der Waals surface area (Å²) in [6, 6.07) is 20.0. The van der Waals surface area contributed by atoms with E-state index in [2.05, 4.69) is 0 Å². The van der Waals surface area contributed by atoms with Gasteiger partial charge in [-0.15, -0.1) is 11.8 Å². The third-order valence-electron chi connectivity index (χ3n) is 5.83. The van der Waals surface area contributed by atoms with Crippen molar-refractivity contribution in [1.29, 1.82) is 0 Å². The molecule has 0 aromatic heterocycles. The summed E-state index contributed by atoms with van der Waals surface area (Å²) in [6.45, 7) is 2.55. The maximum Gasteiger partial charge on any atom is 0.410 e. The Morgan fingerprint density at radius 3 is 2.42 bits per heavy atom. The Morgan fingerprint density at radius 2 is 1.75 bits per heavy atom. The van der Waals surface area contributed by atoms with Crippen molar-refractivity contribution >= 4 is 23.8 Å². The molecule has 1 N–H and O–H groups in total. The van der Waals surface area contributed by atoms with Crippen molar-refractivity contribution in [3.05, 3.63) is 95.6 Å². The van der Waals surface area contributed by atoms with E-state index in [1.807, 2.05) is 30.3 Å². The van der Waals surface area contributed by atoms with Gasteiger partial charge in [0.15, 0.2) is 6.10 Å². The van der Waals surface area contributed by atoms with Crippen molar-refractivity contribution in [1.82, 2.24) is 4.90 Å². The van der Waals surface area contributed by atoms with Gasteiger partial charge in [0.2, 0.25) is 0 Å². The van der Waals surface area contributed by atoms with Crippen molar-refractivity contribution in [3.8, 4) is 5.75 Å². The summed E-state index contributed by atoms with van der Waals surface area (Å²) in [5.41, 5.74) is 0.877. The highest BCUT2D eigenvalue weighted by Gasteiger charge is 2.19. The lowest BCUT2D eigenvalue weighted by Crippen LogP contribution is -2.36. The second kappa shape index (κ2) is 16.5. The number of carbonyl (C=O) groups is 2. The fraction of sp³-hybridized carbons (Fsp3) is 0.333. The molecule has 7 nitrogen and oxygen atoms in total. The van der Waals surface area contributed by atoms with Gasteiger partial charge in [-0.3, -0.25) is 0 Å². The molecule has 0 aliphatic rings. The Bertz CT molecular complexity index is 1210. The predicted molar refractivity (Wildman–Crippen MR) is 149 cm³/mol. The molecule has 1 amide bonds. The summed E-state index contributed by atoms with van der Waals surface area (Å²) in [5, 5.41) is 9.27. The van der Waals surface area contributed by atoms with Crippen LogP contribution < -0.4 is 4.74 Å². The number of ether oxygens (including phenoxy) is 3. The summed E-state index contributed by atoms with van der Waals surface area (Å²) in [5.74, 6) is -1.15. The number of hydrogen-bond acceptors (Lipinski definition) is 6. The summed E-state index contributed by atoms with van der Waals surface area (Å²) >= 11 is 1.68. The Hall–Kier alpha value is -3.63. The highest BCUT2D eigenvalue weighted by molar-refractivity contribution is 7.99. The molecule has 0 bridgehead atoms. The zero-order valence-corrected chi connectivity index (χ0v) is 23.1. The highest BCUT2D eigenvalue weighted by Crippen LogP contribution is 2.19. The van der Waals surface area contributed by atoms with Gasteiger partial charge in [0.25, 0.3) is 0 Å². The van der Waals surface area contributed by atoms with E-state index in [-0.39, 0.29) is 31.7 Å². The molecule has 3 aromatic rings. The van der Waals surface area contributed by atoms with Gasteiger partial charge in [0.05, 0.1) is 6.54 Å². The first kappa shape index (κ1) is 30.9. The highest BCUT2D eigenvalue weighted by atomic mass is 32.2. The lowest BCUT2D eigenvalue weighted by Gasteiger charge is -2.22. The quantitative estimate of drug-likeness (QED) is 0.161. The molecule has 0 spiro atoms. The van der Waals surface area contributed by atoms with E-state index < -0.39 is 29.8 Å². The number of amides is 1. The van der Waals surface area contributed by atoms with Gasteiger partial charge in [-0.2, -0.15) is 0 Å². The Kier molecular flexibility index (Phi) is 12.7. The molecule has 1 atom stereocenters. The van der Waals surface area contributed by atoms with Crippen LogP contribution in [0.15, 0.2) is 77.7 Å². The lowest BCUT2D eigenvalue weighted by atomic mass is 10.1. The van der Waals surface area contributed by atoms with Crippen molar-refractivity contribution in [2.75, 3.05) is 32.1 Å². The Balaban J connectivity index is 1.53. The van der Waals surface area contributed by atoms with Crippen LogP contribution in [0.5, 0.6) is 5.75 Å². The summed E-state index contributed by atoms with van der Waals surface area (Å²) in [7, 11) is 0. The number of carboxylic acid groups (broad SMARTS) is 1. The second-order valence-corrected chi connectivity index (χ2v) is 9.94. The van der Waals surface area contributed by atoms with Gasteiger partial charge in [0, 0.05) is 36.1 Å². The van der Waals surface area contributed by atoms with E-state index in [0.717, 1.165) is 28.3 Å². The van der Waals surface area contributed by atoms with Crippen LogP contribution in [-0.4, -0.2) is 60.2 Å². The van der Waals surface area contributed by atoms with Crippen molar-refractivity contribution in [3.63, 3.8) is 0 Å². The average molecular weight is 574 g/mol. The largest absolute Gasteiger partial charge is 0.492 e. The molecular weight excluding hydrogens is 540 g/mol. The van der Waals surface area contributed by atoms with Crippen LogP contribution in [0.3, 0.4) is 0 Å². The molecule has 40 heavy (non-hydrogen) atoms. The first-order chi connectivity index (χ1) is 19.4. The number of benzene rings is 3. The van der Waals surface area contributed by atoms with Crippen LogP contribution >= 0.6 is 11.8 Å². The van der Waals surface area contributed by atoms with E-state index in [4.69, 9.17) is 14.2 Å². The third-order valence-corrected chi connectivity index (χ3v) is 6.92. The van der Waals surface area contributed by atoms with Crippen molar-refractivity contribution in [2.45, 2.75) is 37.4 Å². The minimum Gasteiger partial charge on any atom is -0.492 e. The number of thioether (sulfide) groups is 1. The van der Waals surface area contributed by atoms with Gasteiger partial charge in [-0.05, 0) is 61.1 Å². The number of hydrogen-bond donors (Lipinski definition) is 1. The first-order valence-electron chi connectivity index (χ1n) is 12.9. The molecule has 1 unspecified atom stereocenters. The van der Waals surface area contributed by atoms with E-state index in [1.54, 1.807) is 43.0 Å². The van der Waals surface area contributed by atoms with Crippen LogP contribution in [0.1, 0.15) is 24.5 Å². The number of aliphatic carboxylic acids is 1. The molecular formula is C30H33F2NO6S. The smallest absolute Gasteiger partial charge is 0.410 e. The van der Waals surface area contributed by atoms with Crippen LogP contribution in [0, 0.1) is 11.6 Å². The van der Waals surface area contributed by atoms with Crippen LogP contribution in [-0.2, 0) is 27.3 Å². The lowest BCUT2D eigenvalue weighted by molar-refractivity contribution is -0.149. The third kappa shape index (κ3) is 10.5. The minimum absolute atomic E-state index is 0.0835. The summed E-state index contributed by atoms with van der Waals surface area (Å²) in [4.78, 5) is 26.8. The fourth-order valence-corrected chi connectivity index (χ4v) is 4.61. The first-order valence-corrected chi connectivity index (χ1v) is 13.9. The van der Waals surface area contributed by atoms with Gasteiger partial charge < -0.3 is 24.2 Å². The monoisotopic (exact) mass is 573 g/mol. The van der Waals surface area contributed by atoms with E-state index in [9.17, 15) is 23.5 Å². The summed E-state index contributed by atoms with van der Waals surface area (Å²) in [6.07, 6.45) is -0.611. The maximum absolute atomic E-state index is 14.0. The molecule has 0 saturated carbocycles. The van der Waals surface area contributed by atoms with Crippen molar-refractivity contribution < 1.29 is 37.7 Å². The Morgan fingerprint density at radius 1 is 1.00 bits per heavy atom. The molecule has 0 heterocycles. The number of nitrogens with zero attached hydrogens (tertiary/aromatic N) is 1. The van der Waals surface area contributed by atoms with E-state index in [1.165, 1.54) is 11.0 Å². The molecule has 0 aliphatic carbocycles. The van der Waals surface area contributed by atoms with Gasteiger partial charge in [-0.1, -0.05) is 30.3 Å². The molecule has 0 fully saturated rings. The minimum atomic E-state index is -1.02. The topological polar surface area (TPSA) is 85.3 Å². The standard InChI is InChI=1S/C30H33F2NO6S/c1-2-37-28(29(34)35)19-22-9-13-25(14-10-22)38-17-16-33(15-6-18-40-26-7-4-3-5-8-26)30(36)39-21-23-11-12-24(31)20-27(23)32/h3-5,7-14,20,28H,2,6,15-19,21H2,1H3,(H,34,35). The van der Waals surface area contributed by atoms with E-state index >= 15 is 0 Å². The molecule has 3 aromatic carbocycles. The second-order valence-electron chi connectivity index (χ2n) is 8.77. The maximum atomic E-state index is 14.0. The molecule has 0 aliphatic heterocycles. The average Bonchev–Trinajstić information content (AvgIpc) is 2.94. The van der Waals surface area contributed by atoms with Gasteiger partial charge >= 0.3 is 12.1 Å². The molecule has 214 valence electrons.